The van der Waals surface area contributed by atoms with Gasteiger partial charge in [0.15, 0.2) is 0 Å². The Hall–Kier alpha value is 0.270. The largest absolute Gasteiger partial charge is 0.314 e. The van der Waals surface area contributed by atoms with Crippen LogP contribution < -0.4 is 5.32 Å². The van der Waals surface area contributed by atoms with Crippen molar-refractivity contribution in [2.45, 2.75) is 39.2 Å². The molecule has 2 nitrogen and oxygen atoms in total. The topological polar surface area (TPSA) is 15.3 Å². The zero-order chi connectivity index (χ0) is 11.8. The third-order valence-corrected chi connectivity index (χ3v) is 4.23. The number of nitrogens with one attached hydrogen (secondary N) is 1. The summed E-state index contributed by atoms with van der Waals surface area (Å²) < 4.78 is 0. The zero-order valence-electron chi connectivity index (χ0n) is 11.2. The molecule has 1 saturated heterocycles. The van der Waals surface area contributed by atoms with Gasteiger partial charge in [0.05, 0.1) is 0 Å². The number of hydrogen-bond acceptors (Lipinski definition) is 3. The minimum absolute atomic E-state index is 0.757. The van der Waals surface area contributed by atoms with Crippen molar-refractivity contribution < 1.29 is 0 Å². The molecule has 0 aromatic heterocycles. The lowest BCUT2D eigenvalue weighted by atomic mass is 9.93. The van der Waals surface area contributed by atoms with E-state index >= 15 is 0 Å². The molecule has 2 unspecified atom stereocenters. The summed E-state index contributed by atoms with van der Waals surface area (Å²) in [6.45, 7) is 9.60. The summed E-state index contributed by atoms with van der Waals surface area (Å²) in [5, 5.41) is 3.60. The third-order valence-electron chi connectivity index (χ3n) is 3.53. The number of thioether (sulfide) groups is 1. The second kappa shape index (κ2) is 8.37. The molecule has 1 rings (SSSR count). The van der Waals surface area contributed by atoms with Gasteiger partial charge in [-0.15, -0.1) is 0 Å². The summed E-state index contributed by atoms with van der Waals surface area (Å²) in [6.07, 6.45) is 6.28. The summed E-state index contributed by atoms with van der Waals surface area (Å²) >= 11 is 1.97. The highest BCUT2D eigenvalue weighted by Crippen LogP contribution is 2.17. The van der Waals surface area contributed by atoms with Crippen LogP contribution >= 0.6 is 11.8 Å². The molecule has 1 heterocycles. The SMILES string of the molecule is CCNC1CCN(CCCCSC)CC1C. The second-order valence-corrected chi connectivity index (χ2v) is 5.92. The van der Waals surface area contributed by atoms with Gasteiger partial charge in [-0.25, -0.2) is 0 Å². The number of piperidine rings is 1. The summed E-state index contributed by atoms with van der Waals surface area (Å²) in [4.78, 5) is 2.65. The first kappa shape index (κ1) is 14.3. The molecule has 16 heavy (non-hydrogen) atoms. The van der Waals surface area contributed by atoms with Crippen molar-refractivity contribution in [3.8, 4) is 0 Å². The highest BCUT2D eigenvalue weighted by atomic mass is 32.2. The lowest BCUT2D eigenvalue weighted by Crippen LogP contribution is -2.48. The first-order valence-corrected chi connectivity index (χ1v) is 8.12. The predicted octanol–water partition coefficient (Wildman–Crippen LogP) is 2.45. The molecule has 0 bridgehead atoms. The molecular formula is C13H28N2S. The van der Waals surface area contributed by atoms with Crippen LogP contribution in [0.2, 0.25) is 0 Å². The normalized spacial score (nSPS) is 27.2. The molecule has 96 valence electrons. The van der Waals surface area contributed by atoms with E-state index in [1.807, 2.05) is 11.8 Å². The molecule has 3 heteroatoms. The van der Waals surface area contributed by atoms with Crippen LogP contribution in [0.4, 0.5) is 0 Å². The van der Waals surface area contributed by atoms with E-state index < -0.39 is 0 Å². The Morgan fingerprint density at radius 2 is 2.19 bits per heavy atom. The van der Waals surface area contributed by atoms with Crippen molar-refractivity contribution in [1.82, 2.24) is 10.2 Å². The number of likely N-dealkylation sites (tertiary alicyclic amines) is 1. The maximum atomic E-state index is 3.60. The van der Waals surface area contributed by atoms with Gasteiger partial charge in [-0.2, -0.15) is 11.8 Å². The molecule has 0 spiro atoms. The van der Waals surface area contributed by atoms with Gasteiger partial charge in [0.1, 0.15) is 0 Å². The van der Waals surface area contributed by atoms with Gasteiger partial charge in [0, 0.05) is 12.6 Å². The van der Waals surface area contributed by atoms with E-state index in [4.69, 9.17) is 0 Å². The minimum atomic E-state index is 0.757. The van der Waals surface area contributed by atoms with Crippen LogP contribution in [0.25, 0.3) is 0 Å². The van der Waals surface area contributed by atoms with Crippen LogP contribution in [-0.2, 0) is 0 Å². The molecule has 0 amide bonds. The van der Waals surface area contributed by atoms with Gasteiger partial charge < -0.3 is 10.2 Å². The van der Waals surface area contributed by atoms with Gasteiger partial charge in [-0.05, 0) is 56.8 Å². The van der Waals surface area contributed by atoms with Crippen molar-refractivity contribution in [2.75, 3.05) is 38.2 Å². The van der Waals surface area contributed by atoms with Gasteiger partial charge >= 0.3 is 0 Å². The lowest BCUT2D eigenvalue weighted by Gasteiger charge is -2.37. The highest BCUT2D eigenvalue weighted by molar-refractivity contribution is 7.98. The minimum Gasteiger partial charge on any atom is -0.314 e. The monoisotopic (exact) mass is 244 g/mol. The van der Waals surface area contributed by atoms with E-state index in [0.717, 1.165) is 18.5 Å². The van der Waals surface area contributed by atoms with Crippen molar-refractivity contribution in [3.63, 3.8) is 0 Å². The summed E-state index contributed by atoms with van der Waals surface area (Å²) in [6, 6.07) is 0.757. The molecule has 0 saturated carbocycles. The van der Waals surface area contributed by atoms with E-state index in [1.165, 1.54) is 44.6 Å². The Balaban J connectivity index is 2.13. The average molecular weight is 244 g/mol. The first-order chi connectivity index (χ1) is 7.77. The van der Waals surface area contributed by atoms with E-state index in [1.54, 1.807) is 0 Å². The predicted molar refractivity (Wildman–Crippen MR) is 75.3 cm³/mol. The Bertz CT molecular complexity index is 173. The van der Waals surface area contributed by atoms with Crippen molar-refractivity contribution in [1.29, 1.82) is 0 Å². The average Bonchev–Trinajstić information content (AvgIpc) is 2.28. The molecular weight excluding hydrogens is 216 g/mol. The molecule has 1 aliphatic heterocycles. The molecule has 0 aromatic carbocycles. The second-order valence-electron chi connectivity index (χ2n) is 4.93. The molecule has 0 radical (unpaired) electrons. The van der Waals surface area contributed by atoms with Gasteiger partial charge in [0.2, 0.25) is 0 Å². The number of nitrogens with zero attached hydrogens (tertiary/aromatic N) is 1. The van der Waals surface area contributed by atoms with E-state index in [-0.39, 0.29) is 0 Å². The smallest absolute Gasteiger partial charge is 0.0117 e. The lowest BCUT2D eigenvalue weighted by molar-refractivity contribution is 0.147. The zero-order valence-corrected chi connectivity index (χ0v) is 12.0. The summed E-state index contributed by atoms with van der Waals surface area (Å²) in [7, 11) is 0. The standard InChI is InChI=1S/C13H28N2S/c1-4-14-13-7-9-15(11-12(13)2)8-5-6-10-16-3/h12-14H,4-11H2,1-3H3. The summed E-state index contributed by atoms with van der Waals surface area (Å²) in [5.74, 6) is 2.14. The van der Waals surface area contributed by atoms with Crippen LogP contribution in [0.3, 0.4) is 0 Å². The van der Waals surface area contributed by atoms with E-state index in [0.29, 0.717) is 0 Å². The van der Waals surface area contributed by atoms with Crippen LogP contribution in [0, 0.1) is 5.92 Å². The molecule has 1 N–H and O–H groups in total. The first-order valence-electron chi connectivity index (χ1n) is 6.72. The fourth-order valence-corrected chi connectivity index (χ4v) is 3.08. The fraction of sp³-hybridized carbons (Fsp3) is 1.00. The molecule has 1 aliphatic rings. The van der Waals surface area contributed by atoms with Crippen LogP contribution in [0.5, 0.6) is 0 Å². The van der Waals surface area contributed by atoms with Crippen LogP contribution in [0.15, 0.2) is 0 Å². The van der Waals surface area contributed by atoms with Gasteiger partial charge in [0.25, 0.3) is 0 Å². The molecule has 1 fully saturated rings. The number of rotatable bonds is 7. The maximum Gasteiger partial charge on any atom is 0.0117 e. The van der Waals surface area contributed by atoms with Crippen molar-refractivity contribution >= 4 is 11.8 Å². The van der Waals surface area contributed by atoms with Gasteiger partial charge in [-0.3, -0.25) is 0 Å². The maximum absolute atomic E-state index is 3.60. The fourth-order valence-electron chi connectivity index (χ4n) is 2.58. The highest BCUT2D eigenvalue weighted by Gasteiger charge is 2.24. The van der Waals surface area contributed by atoms with Crippen LogP contribution in [-0.4, -0.2) is 49.1 Å². The summed E-state index contributed by atoms with van der Waals surface area (Å²) in [5.41, 5.74) is 0. The van der Waals surface area contributed by atoms with E-state index in [9.17, 15) is 0 Å². The quantitative estimate of drug-likeness (QED) is 0.693. The number of unbranched alkanes of at least 4 members (excludes halogenated alkanes) is 1. The van der Waals surface area contributed by atoms with E-state index in [2.05, 4.69) is 30.3 Å². The molecule has 0 aliphatic carbocycles. The van der Waals surface area contributed by atoms with Gasteiger partial charge in [-0.1, -0.05) is 13.8 Å². The van der Waals surface area contributed by atoms with Crippen molar-refractivity contribution in [2.24, 2.45) is 5.92 Å². The Kier molecular flexibility index (Phi) is 7.50. The third kappa shape index (κ3) is 5.07. The Morgan fingerprint density at radius 1 is 1.38 bits per heavy atom. The van der Waals surface area contributed by atoms with Crippen LogP contribution in [0.1, 0.15) is 33.1 Å². The Labute approximate surface area is 106 Å². The molecule has 0 aromatic rings. The Morgan fingerprint density at radius 3 is 2.81 bits per heavy atom. The molecule has 2 atom stereocenters. The number of hydrogen-bond donors (Lipinski definition) is 1. The van der Waals surface area contributed by atoms with Crippen molar-refractivity contribution in [3.05, 3.63) is 0 Å².